The number of amides is 1. The van der Waals surface area contributed by atoms with E-state index in [2.05, 4.69) is 20.1 Å². The topological polar surface area (TPSA) is 118 Å². The minimum absolute atomic E-state index is 0.00644. The van der Waals surface area contributed by atoms with Gasteiger partial charge in [0.2, 0.25) is 19.3 Å². The summed E-state index contributed by atoms with van der Waals surface area (Å²) in [5, 5.41) is 19.1. The van der Waals surface area contributed by atoms with Gasteiger partial charge in [-0.3, -0.25) is 10.1 Å². The zero-order valence-electron chi connectivity index (χ0n) is 16.8. The van der Waals surface area contributed by atoms with Crippen LogP contribution < -0.4 is 5.32 Å². The van der Waals surface area contributed by atoms with Crippen molar-refractivity contribution in [2.24, 2.45) is 0 Å². The summed E-state index contributed by atoms with van der Waals surface area (Å²) in [6.45, 7) is 5.89. The van der Waals surface area contributed by atoms with Gasteiger partial charge in [0.05, 0.1) is 0 Å². The zero-order chi connectivity index (χ0) is 22.1. The highest BCUT2D eigenvalue weighted by Gasteiger charge is 2.18. The SMILES string of the molecule is Cc1ccccc1-n1c(C)cc(C=C(C#N)C(=O)Nc2nnc(S(C)(=O)=O)s2)c1C. The quantitative estimate of drug-likeness (QED) is 0.369. The van der Waals surface area contributed by atoms with Crippen LogP contribution in [0.4, 0.5) is 5.13 Å². The van der Waals surface area contributed by atoms with E-state index in [1.807, 2.05) is 57.2 Å². The molecule has 1 amide bonds. The van der Waals surface area contributed by atoms with Crippen LogP contribution in [0.3, 0.4) is 0 Å². The molecule has 0 bridgehead atoms. The van der Waals surface area contributed by atoms with Crippen LogP contribution >= 0.6 is 11.3 Å². The number of carbonyl (C=O) groups excluding carboxylic acids is 1. The van der Waals surface area contributed by atoms with Crippen LogP contribution in [-0.2, 0) is 14.6 Å². The Bertz CT molecular complexity index is 1310. The number of sulfone groups is 1. The van der Waals surface area contributed by atoms with Crippen LogP contribution in [0.5, 0.6) is 0 Å². The lowest BCUT2D eigenvalue weighted by atomic mass is 10.1. The third kappa shape index (κ3) is 4.32. The second-order valence-electron chi connectivity index (χ2n) is 6.72. The number of hydrogen-bond acceptors (Lipinski definition) is 7. The second-order valence-corrected chi connectivity index (χ2v) is 9.88. The molecule has 2 aromatic heterocycles. The minimum atomic E-state index is -3.52. The third-order valence-corrected chi connectivity index (χ3v) is 6.94. The summed E-state index contributed by atoms with van der Waals surface area (Å²) < 4.78 is 24.9. The summed E-state index contributed by atoms with van der Waals surface area (Å²) >= 11 is 0.728. The lowest BCUT2D eigenvalue weighted by molar-refractivity contribution is -0.112. The highest BCUT2D eigenvalue weighted by atomic mass is 32.2. The molecule has 0 saturated carbocycles. The van der Waals surface area contributed by atoms with E-state index in [0.717, 1.165) is 45.8 Å². The van der Waals surface area contributed by atoms with Gasteiger partial charge in [-0.05, 0) is 50.1 Å². The molecule has 0 aliphatic heterocycles. The first-order valence-electron chi connectivity index (χ1n) is 8.83. The van der Waals surface area contributed by atoms with Gasteiger partial charge < -0.3 is 4.57 Å². The Hall–Kier alpha value is -3.29. The predicted octanol–water partition coefficient (Wildman–Crippen LogP) is 3.20. The molecule has 2 heterocycles. The van der Waals surface area contributed by atoms with Crippen molar-refractivity contribution >= 4 is 38.3 Å². The summed E-state index contributed by atoms with van der Waals surface area (Å²) in [5.74, 6) is -0.686. The Labute approximate surface area is 178 Å². The normalized spacial score (nSPS) is 11.9. The molecule has 0 fully saturated rings. The Kier molecular flexibility index (Phi) is 5.87. The number of para-hydroxylation sites is 1. The molecule has 1 N–H and O–H groups in total. The molecule has 0 unspecified atom stereocenters. The van der Waals surface area contributed by atoms with Crippen LogP contribution in [0, 0.1) is 32.1 Å². The van der Waals surface area contributed by atoms with Gasteiger partial charge >= 0.3 is 0 Å². The van der Waals surface area contributed by atoms with Crippen LogP contribution in [0.25, 0.3) is 11.8 Å². The number of nitrogens with one attached hydrogen (secondary N) is 1. The first kappa shape index (κ1) is 21.4. The number of anilines is 1. The maximum atomic E-state index is 12.5. The molecule has 154 valence electrons. The van der Waals surface area contributed by atoms with Crippen LogP contribution in [0.1, 0.15) is 22.5 Å². The van der Waals surface area contributed by atoms with E-state index in [9.17, 15) is 18.5 Å². The molecule has 3 aromatic rings. The van der Waals surface area contributed by atoms with Gasteiger partial charge in [0.15, 0.2) is 0 Å². The highest BCUT2D eigenvalue weighted by molar-refractivity contribution is 7.92. The number of nitriles is 1. The molecule has 3 rings (SSSR count). The van der Waals surface area contributed by atoms with Gasteiger partial charge in [-0.1, -0.05) is 29.5 Å². The van der Waals surface area contributed by atoms with Crippen molar-refractivity contribution in [1.82, 2.24) is 14.8 Å². The number of benzene rings is 1. The zero-order valence-corrected chi connectivity index (χ0v) is 18.4. The summed E-state index contributed by atoms with van der Waals surface area (Å²) in [5.41, 5.74) is 4.58. The van der Waals surface area contributed by atoms with Crippen molar-refractivity contribution in [3.63, 3.8) is 0 Å². The van der Waals surface area contributed by atoms with Crippen molar-refractivity contribution in [3.05, 3.63) is 58.4 Å². The summed E-state index contributed by atoms with van der Waals surface area (Å²) in [4.78, 5) is 12.5. The molecule has 0 aliphatic rings. The van der Waals surface area contributed by atoms with Gasteiger partial charge in [0, 0.05) is 23.3 Å². The molecule has 0 radical (unpaired) electrons. The average Bonchev–Trinajstić information content (AvgIpc) is 3.25. The summed E-state index contributed by atoms with van der Waals surface area (Å²) in [6.07, 6.45) is 2.51. The first-order chi connectivity index (χ1) is 14.1. The van der Waals surface area contributed by atoms with E-state index in [4.69, 9.17) is 0 Å². The maximum absolute atomic E-state index is 12.5. The van der Waals surface area contributed by atoms with Crippen molar-refractivity contribution in [2.75, 3.05) is 11.6 Å². The largest absolute Gasteiger partial charge is 0.318 e. The lowest BCUT2D eigenvalue weighted by Crippen LogP contribution is -2.13. The Morgan fingerprint density at radius 3 is 2.53 bits per heavy atom. The monoisotopic (exact) mass is 441 g/mol. The molecular weight excluding hydrogens is 422 g/mol. The van der Waals surface area contributed by atoms with Gasteiger partial charge in [0.25, 0.3) is 5.91 Å². The maximum Gasteiger partial charge on any atom is 0.268 e. The molecule has 0 saturated heterocycles. The second kappa shape index (κ2) is 8.22. The van der Waals surface area contributed by atoms with E-state index >= 15 is 0 Å². The molecule has 0 aliphatic carbocycles. The number of aryl methyl sites for hydroxylation is 2. The van der Waals surface area contributed by atoms with Gasteiger partial charge in [0.1, 0.15) is 11.6 Å². The molecule has 1 aromatic carbocycles. The first-order valence-corrected chi connectivity index (χ1v) is 11.5. The van der Waals surface area contributed by atoms with E-state index in [1.54, 1.807) is 0 Å². The highest BCUT2D eigenvalue weighted by Crippen LogP contribution is 2.25. The standard InChI is InChI=1S/C20H19N5O3S2/c1-12-7-5-6-8-17(12)25-13(2)9-15(14(25)3)10-16(11-21)18(26)22-19-23-24-20(29-19)30(4,27)28/h5-10H,1-4H3,(H,22,23,26). The molecule has 0 spiro atoms. The average molecular weight is 442 g/mol. The fourth-order valence-electron chi connectivity index (χ4n) is 3.00. The van der Waals surface area contributed by atoms with Crippen molar-refractivity contribution < 1.29 is 13.2 Å². The van der Waals surface area contributed by atoms with Gasteiger partial charge in [-0.25, -0.2) is 8.42 Å². The Morgan fingerprint density at radius 2 is 1.93 bits per heavy atom. The molecular formula is C20H19N5O3S2. The van der Waals surface area contributed by atoms with E-state index < -0.39 is 15.7 Å². The molecule has 10 heteroatoms. The predicted molar refractivity (Wildman–Crippen MR) is 115 cm³/mol. The van der Waals surface area contributed by atoms with Gasteiger partial charge in [-0.15, -0.1) is 10.2 Å². The van der Waals surface area contributed by atoms with Crippen molar-refractivity contribution in [3.8, 4) is 11.8 Å². The van der Waals surface area contributed by atoms with Crippen molar-refractivity contribution in [1.29, 1.82) is 5.26 Å². The van der Waals surface area contributed by atoms with Crippen LogP contribution in [0.2, 0.25) is 0 Å². The third-order valence-electron chi connectivity index (χ3n) is 4.44. The molecule has 8 nitrogen and oxygen atoms in total. The van der Waals surface area contributed by atoms with Crippen LogP contribution in [0.15, 0.2) is 40.2 Å². The fraction of sp³-hybridized carbons (Fsp3) is 0.200. The lowest BCUT2D eigenvalue weighted by Gasteiger charge is -2.12. The van der Waals surface area contributed by atoms with E-state index in [0.29, 0.717) is 0 Å². The Balaban J connectivity index is 1.92. The minimum Gasteiger partial charge on any atom is -0.318 e. The molecule has 0 atom stereocenters. The number of nitrogens with zero attached hydrogens (tertiary/aromatic N) is 4. The fourth-order valence-corrected chi connectivity index (χ4v) is 4.50. The summed E-state index contributed by atoms with van der Waals surface area (Å²) in [6, 6.07) is 11.7. The molecule has 30 heavy (non-hydrogen) atoms. The van der Waals surface area contributed by atoms with Gasteiger partial charge in [-0.2, -0.15) is 5.26 Å². The Morgan fingerprint density at radius 1 is 1.23 bits per heavy atom. The number of rotatable bonds is 5. The number of hydrogen-bond donors (Lipinski definition) is 1. The van der Waals surface area contributed by atoms with E-state index in [1.165, 1.54) is 6.08 Å². The van der Waals surface area contributed by atoms with E-state index in [-0.39, 0.29) is 15.0 Å². The van der Waals surface area contributed by atoms with Crippen molar-refractivity contribution in [2.45, 2.75) is 25.1 Å². The smallest absolute Gasteiger partial charge is 0.268 e. The summed E-state index contributed by atoms with van der Waals surface area (Å²) in [7, 11) is -3.52. The number of carbonyl (C=O) groups is 1. The number of aromatic nitrogens is 3. The van der Waals surface area contributed by atoms with Crippen LogP contribution in [-0.4, -0.2) is 35.3 Å².